The molecule has 0 atom stereocenters. The van der Waals surface area contributed by atoms with Crippen LogP contribution in [0.25, 0.3) is 0 Å². The van der Waals surface area contributed by atoms with Crippen molar-refractivity contribution >= 4 is 23.1 Å². The Kier molecular flexibility index (Phi) is 1.84. The summed E-state index contributed by atoms with van der Waals surface area (Å²) in [6, 6.07) is 0. The maximum absolute atomic E-state index is 11.4. The molecule has 0 saturated heterocycles. The number of carbonyl (C=O) groups is 1. The molecule has 0 unspecified atom stereocenters. The topological polar surface area (TPSA) is 41.1 Å². The Hall–Kier alpha value is -0.900. The van der Waals surface area contributed by atoms with Crippen molar-refractivity contribution in [3.63, 3.8) is 0 Å². The number of ketones is 1. The van der Waals surface area contributed by atoms with E-state index in [1.165, 1.54) is 0 Å². The molecule has 2 N–H and O–H groups in total. The van der Waals surface area contributed by atoms with Gasteiger partial charge in [0.25, 0.3) is 0 Å². The molecule has 0 bridgehead atoms. The maximum Gasteiger partial charge on any atom is 0.170 e. The lowest BCUT2D eigenvalue weighted by atomic mass is 9.94. The molecule has 0 saturated carbocycles. The SMILES string of the molecule is O=C1CCCC2=C1CNC(=S)N2. The summed E-state index contributed by atoms with van der Waals surface area (Å²) < 4.78 is 0. The Morgan fingerprint density at radius 2 is 2.17 bits per heavy atom. The first kappa shape index (κ1) is 7.73. The van der Waals surface area contributed by atoms with Gasteiger partial charge in [0.2, 0.25) is 0 Å². The van der Waals surface area contributed by atoms with Gasteiger partial charge in [-0.25, -0.2) is 0 Å². The highest BCUT2D eigenvalue weighted by Crippen LogP contribution is 2.21. The zero-order chi connectivity index (χ0) is 8.55. The third-order valence-corrected chi connectivity index (χ3v) is 2.47. The van der Waals surface area contributed by atoms with Crippen LogP contribution in [0.3, 0.4) is 0 Å². The first-order chi connectivity index (χ1) is 5.77. The van der Waals surface area contributed by atoms with Crippen LogP contribution in [0.2, 0.25) is 0 Å². The number of rotatable bonds is 0. The summed E-state index contributed by atoms with van der Waals surface area (Å²) >= 11 is 4.94. The second-order valence-corrected chi connectivity index (χ2v) is 3.45. The normalized spacial score (nSPS) is 23.0. The minimum absolute atomic E-state index is 0.263. The van der Waals surface area contributed by atoms with Crippen molar-refractivity contribution in [3.8, 4) is 0 Å². The molecule has 1 aliphatic heterocycles. The number of carbonyl (C=O) groups excluding carboxylic acids is 1. The van der Waals surface area contributed by atoms with E-state index in [2.05, 4.69) is 10.6 Å². The molecule has 2 rings (SSSR count). The molecule has 1 aliphatic carbocycles. The molecular weight excluding hydrogens is 172 g/mol. The predicted octanol–water partition coefficient (Wildman–Crippen LogP) is 0.471. The molecule has 0 spiro atoms. The van der Waals surface area contributed by atoms with Gasteiger partial charge < -0.3 is 10.6 Å². The van der Waals surface area contributed by atoms with Gasteiger partial charge in [-0.1, -0.05) is 0 Å². The van der Waals surface area contributed by atoms with Gasteiger partial charge in [-0.15, -0.1) is 0 Å². The first-order valence-corrected chi connectivity index (χ1v) is 4.48. The Morgan fingerprint density at radius 3 is 3.00 bits per heavy atom. The number of Topliss-reactive ketones (excluding diaryl/α,β-unsaturated/α-hetero) is 1. The van der Waals surface area contributed by atoms with Crippen molar-refractivity contribution in [3.05, 3.63) is 11.3 Å². The summed E-state index contributed by atoms with van der Waals surface area (Å²) in [7, 11) is 0. The van der Waals surface area contributed by atoms with Gasteiger partial charge in [-0.05, 0) is 25.1 Å². The van der Waals surface area contributed by atoms with Crippen LogP contribution in [0, 0.1) is 0 Å². The Labute approximate surface area is 76.2 Å². The van der Waals surface area contributed by atoms with Crippen LogP contribution in [0.5, 0.6) is 0 Å². The van der Waals surface area contributed by atoms with Crippen molar-refractivity contribution in [2.45, 2.75) is 19.3 Å². The van der Waals surface area contributed by atoms with E-state index in [0.717, 1.165) is 24.1 Å². The van der Waals surface area contributed by atoms with E-state index >= 15 is 0 Å². The smallest absolute Gasteiger partial charge is 0.170 e. The largest absolute Gasteiger partial charge is 0.358 e. The van der Waals surface area contributed by atoms with Gasteiger partial charge in [0, 0.05) is 24.2 Å². The molecule has 64 valence electrons. The molecule has 0 aromatic carbocycles. The van der Waals surface area contributed by atoms with Crippen molar-refractivity contribution < 1.29 is 4.79 Å². The van der Waals surface area contributed by atoms with Crippen molar-refractivity contribution in [2.24, 2.45) is 0 Å². The summed E-state index contributed by atoms with van der Waals surface area (Å²) in [5.74, 6) is 0.263. The molecule has 0 radical (unpaired) electrons. The van der Waals surface area contributed by atoms with E-state index in [1.54, 1.807) is 0 Å². The average molecular weight is 182 g/mol. The number of thiocarbonyl (C=S) groups is 1. The lowest BCUT2D eigenvalue weighted by Crippen LogP contribution is -2.44. The number of nitrogens with one attached hydrogen (secondary N) is 2. The minimum Gasteiger partial charge on any atom is -0.358 e. The number of allylic oxidation sites excluding steroid dienone is 1. The predicted molar refractivity (Wildman–Crippen MR) is 49.6 cm³/mol. The standard InChI is InChI=1S/C8H10N2OS/c11-7-3-1-2-6-5(7)4-9-8(12)10-6/h1-4H2,(H2,9,10,12). The van der Waals surface area contributed by atoms with E-state index in [-0.39, 0.29) is 5.78 Å². The summed E-state index contributed by atoms with van der Waals surface area (Å²) in [6.45, 7) is 0.611. The zero-order valence-electron chi connectivity index (χ0n) is 6.64. The van der Waals surface area contributed by atoms with Gasteiger partial charge in [0.05, 0.1) is 0 Å². The van der Waals surface area contributed by atoms with Crippen LogP contribution < -0.4 is 10.6 Å². The highest BCUT2D eigenvalue weighted by Gasteiger charge is 2.23. The molecule has 4 heteroatoms. The fraction of sp³-hybridized carbons (Fsp3) is 0.500. The molecule has 0 amide bonds. The number of hydrogen-bond donors (Lipinski definition) is 2. The highest BCUT2D eigenvalue weighted by atomic mass is 32.1. The van der Waals surface area contributed by atoms with E-state index in [9.17, 15) is 4.79 Å². The fourth-order valence-electron chi connectivity index (χ4n) is 1.59. The van der Waals surface area contributed by atoms with Crippen LogP contribution in [0.4, 0.5) is 0 Å². The lowest BCUT2D eigenvalue weighted by Gasteiger charge is -2.26. The van der Waals surface area contributed by atoms with Gasteiger partial charge in [0.1, 0.15) is 0 Å². The maximum atomic E-state index is 11.4. The van der Waals surface area contributed by atoms with E-state index in [4.69, 9.17) is 12.2 Å². The Balaban J connectivity index is 2.30. The van der Waals surface area contributed by atoms with Crippen molar-refractivity contribution in [1.82, 2.24) is 10.6 Å². The molecule has 0 aromatic rings. The van der Waals surface area contributed by atoms with Crippen LogP contribution >= 0.6 is 12.2 Å². The van der Waals surface area contributed by atoms with Crippen LogP contribution in [-0.2, 0) is 4.79 Å². The van der Waals surface area contributed by atoms with Crippen molar-refractivity contribution in [1.29, 1.82) is 0 Å². The first-order valence-electron chi connectivity index (χ1n) is 4.07. The van der Waals surface area contributed by atoms with Gasteiger partial charge in [-0.2, -0.15) is 0 Å². The molecule has 2 aliphatic rings. The van der Waals surface area contributed by atoms with E-state index < -0.39 is 0 Å². The molecule has 1 heterocycles. The Bertz CT molecular complexity index is 283. The summed E-state index contributed by atoms with van der Waals surface area (Å²) in [6.07, 6.45) is 2.60. The quantitative estimate of drug-likeness (QED) is 0.534. The fourth-order valence-corrected chi connectivity index (χ4v) is 1.78. The van der Waals surface area contributed by atoms with Gasteiger partial charge in [0.15, 0.2) is 10.9 Å². The monoisotopic (exact) mass is 182 g/mol. The summed E-state index contributed by atoms with van der Waals surface area (Å²) in [5.41, 5.74) is 1.94. The van der Waals surface area contributed by atoms with Crippen LogP contribution in [-0.4, -0.2) is 17.4 Å². The third kappa shape index (κ3) is 1.22. The van der Waals surface area contributed by atoms with E-state index in [1.807, 2.05) is 0 Å². The average Bonchev–Trinajstić information content (AvgIpc) is 2.04. The molecule has 12 heavy (non-hydrogen) atoms. The second-order valence-electron chi connectivity index (χ2n) is 3.04. The molecule has 0 aromatic heterocycles. The lowest BCUT2D eigenvalue weighted by molar-refractivity contribution is -0.116. The number of hydrogen-bond acceptors (Lipinski definition) is 2. The summed E-state index contributed by atoms with van der Waals surface area (Å²) in [5, 5.41) is 6.62. The second kappa shape index (κ2) is 2.86. The van der Waals surface area contributed by atoms with Crippen LogP contribution in [0.1, 0.15) is 19.3 Å². The van der Waals surface area contributed by atoms with Gasteiger partial charge >= 0.3 is 0 Å². The molecular formula is C8H10N2OS. The van der Waals surface area contributed by atoms with Crippen LogP contribution in [0.15, 0.2) is 11.3 Å². The minimum atomic E-state index is 0.263. The van der Waals surface area contributed by atoms with E-state index in [0.29, 0.717) is 18.1 Å². The summed E-state index contributed by atoms with van der Waals surface area (Å²) in [4.78, 5) is 11.4. The Morgan fingerprint density at radius 1 is 1.33 bits per heavy atom. The molecule has 3 nitrogen and oxygen atoms in total. The van der Waals surface area contributed by atoms with Gasteiger partial charge in [-0.3, -0.25) is 4.79 Å². The highest BCUT2D eigenvalue weighted by molar-refractivity contribution is 7.80. The zero-order valence-corrected chi connectivity index (χ0v) is 7.46. The third-order valence-electron chi connectivity index (χ3n) is 2.22. The van der Waals surface area contributed by atoms with Crippen molar-refractivity contribution in [2.75, 3.05) is 6.54 Å². The molecule has 0 fully saturated rings.